The number of thiophene rings is 1. The Labute approximate surface area is 179 Å². The molecule has 1 atom stereocenters. The number of carbonyl (C=O) groups is 1. The fraction of sp³-hybridized carbons (Fsp3) is 0.318. The lowest BCUT2D eigenvalue weighted by Gasteiger charge is -2.35. The number of nitrogens with zero attached hydrogens (tertiary/aromatic N) is 1. The number of morpholine rings is 1. The highest BCUT2D eigenvalue weighted by atomic mass is 35.5. The molecule has 2 heterocycles. The highest BCUT2D eigenvalue weighted by Gasteiger charge is 2.24. The van der Waals surface area contributed by atoms with Crippen molar-refractivity contribution in [2.24, 2.45) is 0 Å². The smallest absolute Gasteiger partial charge is 0.262 e. The zero-order valence-electron chi connectivity index (χ0n) is 16.2. The number of carbonyl (C=O) groups excluding carboxylic acids is 1. The maximum absolute atomic E-state index is 12.9. The molecule has 5 nitrogen and oxygen atoms in total. The van der Waals surface area contributed by atoms with Gasteiger partial charge < -0.3 is 14.8 Å². The van der Waals surface area contributed by atoms with Crippen LogP contribution in [0.25, 0.3) is 10.1 Å². The second-order valence-corrected chi connectivity index (χ2v) is 8.32. The van der Waals surface area contributed by atoms with Gasteiger partial charge in [0.1, 0.15) is 10.6 Å². The van der Waals surface area contributed by atoms with Crippen molar-refractivity contribution in [1.29, 1.82) is 0 Å². The number of nitrogens with one attached hydrogen (secondary N) is 1. The normalized spacial score (nSPS) is 15.9. The largest absolute Gasteiger partial charge is 0.497 e. The van der Waals surface area contributed by atoms with E-state index in [-0.39, 0.29) is 11.9 Å². The zero-order valence-corrected chi connectivity index (χ0v) is 17.8. The summed E-state index contributed by atoms with van der Waals surface area (Å²) >= 11 is 7.90. The number of fused-ring (bicyclic) bond motifs is 1. The third kappa shape index (κ3) is 4.41. The number of ether oxygens (including phenoxy) is 2. The highest BCUT2D eigenvalue weighted by Crippen LogP contribution is 2.35. The van der Waals surface area contributed by atoms with Gasteiger partial charge in [-0.05, 0) is 23.8 Å². The summed E-state index contributed by atoms with van der Waals surface area (Å²) in [6.45, 7) is 3.55. The lowest BCUT2D eigenvalue weighted by atomic mass is 10.0. The molecule has 7 heteroatoms. The maximum atomic E-state index is 12.9. The van der Waals surface area contributed by atoms with Gasteiger partial charge in [-0.15, -0.1) is 11.3 Å². The summed E-state index contributed by atoms with van der Waals surface area (Å²) in [4.78, 5) is 15.8. The van der Waals surface area contributed by atoms with Crippen molar-refractivity contribution < 1.29 is 14.3 Å². The van der Waals surface area contributed by atoms with Gasteiger partial charge in [0.2, 0.25) is 0 Å². The molecule has 1 amide bonds. The van der Waals surface area contributed by atoms with Crippen LogP contribution in [0.1, 0.15) is 21.3 Å². The molecule has 1 N–H and O–H groups in total. The minimum absolute atomic E-state index is 0.0573. The summed E-state index contributed by atoms with van der Waals surface area (Å²) in [5, 5.41) is 4.54. The molecule has 1 fully saturated rings. The molecule has 1 saturated heterocycles. The summed E-state index contributed by atoms with van der Waals surface area (Å²) in [6, 6.07) is 15.9. The molecule has 1 aliphatic heterocycles. The van der Waals surface area contributed by atoms with Crippen LogP contribution < -0.4 is 10.1 Å². The average Bonchev–Trinajstić information content (AvgIpc) is 3.12. The van der Waals surface area contributed by atoms with Crippen LogP contribution in [0.2, 0.25) is 5.02 Å². The summed E-state index contributed by atoms with van der Waals surface area (Å²) in [7, 11) is 1.66. The average molecular weight is 431 g/mol. The number of benzene rings is 2. The van der Waals surface area contributed by atoms with Crippen molar-refractivity contribution in [3.05, 3.63) is 64.0 Å². The van der Waals surface area contributed by atoms with E-state index in [2.05, 4.69) is 22.3 Å². The Hall–Kier alpha value is -2.12. The Morgan fingerprint density at radius 3 is 2.62 bits per heavy atom. The quantitative estimate of drug-likeness (QED) is 0.631. The topological polar surface area (TPSA) is 50.8 Å². The number of rotatable bonds is 6. The summed E-state index contributed by atoms with van der Waals surface area (Å²) in [5.41, 5.74) is 1.13. The van der Waals surface area contributed by atoms with E-state index in [1.54, 1.807) is 7.11 Å². The first-order chi connectivity index (χ1) is 14.2. The SMILES string of the molecule is COc1ccc([C@@H](CNC(=O)c2sc3ccccc3c2Cl)N2CCOCC2)cc1. The Kier molecular flexibility index (Phi) is 6.35. The predicted molar refractivity (Wildman–Crippen MR) is 117 cm³/mol. The van der Waals surface area contributed by atoms with E-state index in [0.717, 1.165) is 34.5 Å². The van der Waals surface area contributed by atoms with E-state index >= 15 is 0 Å². The maximum Gasteiger partial charge on any atom is 0.262 e. The van der Waals surface area contributed by atoms with Gasteiger partial charge in [0.05, 0.1) is 31.4 Å². The monoisotopic (exact) mass is 430 g/mol. The van der Waals surface area contributed by atoms with E-state index in [1.807, 2.05) is 36.4 Å². The van der Waals surface area contributed by atoms with Gasteiger partial charge in [0.15, 0.2) is 0 Å². The van der Waals surface area contributed by atoms with Crippen molar-refractivity contribution in [1.82, 2.24) is 10.2 Å². The van der Waals surface area contributed by atoms with E-state index in [4.69, 9.17) is 21.1 Å². The van der Waals surface area contributed by atoms with E-state index in [9.17, 15) is 4.79 Å². The van der Waals surface area contributed by atoms with Gasteiger partial charge in [-0.1, -0.05) is 41.9 Å². The molecule has 0 spiro atoms. The summed E-state index contributed by atoms with van der Waals surface area (Å²) in [5.74, 6) is 0.679. The van der Waals surface area contributed by atoms with Crippen LogP contribution in [0.15, 0.2) is 48.5 Å². The summed E-state index contributed by atoms with van der Waals surface area (Å²) < 4.78 is 11.8. The molecule has 0 saturated carbocycles. The van der Waals surface area contributed by atoms with Gasteiger partial charge in [-0.3, -0.25) is 9.69 Å². The fourth-order valence-electron chi connectivity index (χ4n) is 3.60. The second kappa shape index (κ2) is 9.13. The third-order valence-electron chi connectivity index (χ3n) is 5.18. The lowest BCUT2D eigenvalue weighted by Crippen LogP contribution is -2.43. The first-order valence-electron chi connectivity index (χ1n) is 9.58. The third-order valence-corrected chi connectivity index (χ3v) is 6.86. The van der Waals surface area contributed by atoms with E-state index < -0.39 is 0 Å². The molecule has 4 rings (SSSR count). The Morgan fingerprint density at radius 1 is 1.21 bits per heavy atom. The number of halogens is 1. The van der Waals surface area contributed by atoms with Crippen molar-refractivity contribution in [2.75, 3.05) is 40.0 Å². The van der Waals surface area contributed by atoms with Crippen LogP contribution in [-0.2, 0) is 4.74 Å². The van der Waals surface area contributed by atoms with Crippen molar-refractivity contribution in [3.8, 4) is 5.75 Å². The molecule has 2 aromatic carbocycles. The van der Waals surface area contributed by atoms with Crippen molar-refractivity contribution in [3.63, 3.8) is 0 Å². The molecule has 0 unspecified atom stereocenters. The van der Waals surface area contributed by atoms with E-state index in [0.29, 0.717) is 29.7 Å². The first-order valence-corrected chi connectivity index (χ1v) is 10.8. The molecule has 1 aromatic heterocycles. The minimum atomic E-state index is -0.136. The molecule has 1 aliphatic rings. The van der Waals surface area contributed by atoms with Gasteiger partial charge in [-0.25, -0.2) is 0 Å². The fourth-order valence-corrected chi connectivity index (χ4v) is 5.04. The molecular weight excluding hydrogens is 408 g/mol. The molecule has 0 radical (unpaired) electrons. The Bertz CT molecular complexity index is 983. The molecule has 3 aromatic rings. The van der Waals surface area contributed by atoms with Gasteiger partial charge in [0.25, 0.3) is 5.91 Å². The van der Waals surface area contributed by atoms with Crippen molar-refractivity contribution >= 4 is 38.9 Å². The van der Waals surface area contributed by atoms with Crippen LogP contribution in [0, 0.1) is 0 Å². The number of amides is 1. The Balaban J connectivity index is 1.53. The zero-order chi connectivity index (χ0) is 20.2. The lowest BCUT2D eigenvalue weighted by molar-refractivity contribution is 0.0162. The number of hydrogen-bond donors (Lipinski definition) is 1. The molecule has 29 heavy (non-hydrogen) atoms. The van der Waals surface area contributed by atoms with Crippen LogP contribution in [0.3, 0.4) is 0 Å². The minimum Gasteiger partial charge on any atom is -0.497 e. The number of hydrogen-bond acceptors (Lipinski definition) is 5. The molecular formula is C22H23ClN2O3S. The van der Waals surface area contributed by atoms with Gasteiger partial charge in [0, 0.05) is 29.7 Å². The summed E-state index contributed by atoms with van der Waals surface area (Å²) in [6.07, 6.45) is 0. The molecule has 152 valence electrons. The van der Waals surface area contributed by atoms with Crippen molar-refractivity contribution in [2.45, 2.75) is 6.04 Å². The second-order valence-electron chi connectivity index (χ2n) is 6.89. The highest BCUT2D eigenvalue weighted by molar-refractivity contribution is 7.21. The Morgan fingerprint density at radius 2 is 1.93 bits per heavy atom. The molecule has 0 bridgehead atoms. The van der Waals surface area contributed by atoms with Gasteiger partial charge >= 0.3 is 0 Å². The molecule has 0 aliphatic carbocycles. The predicted octanol–water partition coefficient (Wildman–Crippen LogP) is 4.37. The van der Waals surface area contributed by atoms with Crippen LogP contribution in [0.5, 0.6) is 5.75 Å². The van der Waals surface area contributed by atoms with Gasteiger partial charge in [-0.2, -0.15) is 0 Å². The standard InChI is InChI=1S/C22H23ClN2O3S/c1-27-16-8-6-15(7-9-16)18(25-10-12-28-13-11-25)14-24-22(26)21-20(23)17-4-2-3-5-19(17)29-21/h2-9,18H,10-14H2,1H3,(H,24,26)/t18-/m1/s1. The van der Waals surface area contributed by atoms with Crippen LogP contribution in [0.4, 0.5) is 0 Å². The van der Waals surface area contributed by atoms with Crippen LogP contribution in [-0.4, -0.2) is 50.8 Å². The first kappa shape index (κ1) is 20.2. The van der Waals surface area contributed by atoms with E-state index in [1.165, 1.54) is 11.3 Å². The number of methoxy groups -OCH3 is 1. The van der Waals surface area contributed by atoms with Crippen LogP contribution >= 0.6 is 22.9 Å².